The molecule has 2 unspecified atom stereocenters. The number of alkyl halides is 3. The summed E-state index contributed by atoms with van der Waals surface area (Å²) in [7, 11) is -4.49. The molecular weight excluding hydrogens is 482 g/mol. The first-order chi connectivity index (χ1) is 15.6. The van der Waals surface area contributed by atoms with E-state index >= 15 is 0 Å². The highest BCUT2D eigenvalue weighted by Crippen LogP contribution is 2.40. The van der Waals surface area contributed by atoms with Gasteiger partial charge in [-0.15, -0.1) is 0 Å². The van der Waals surface area contributed by atoms with Crippen LogP contribution in [0.5, 0.6) is 5.75 Å². The Labute approximate surface area is 193 Å². The van der Waals surface area contributed by atoms with Crippen molar-refractivity contribution in [2.75, 3.05) is 10.8 Å². The van der Waals surface area contributed by atoms with E-state index in [4.69, 9.17) is 9.47 Å². The van der Waals surface area contributed by atoms with E-state index in [1.54, 1.807) is 20.8 Å². The second-order valence-electron chi connectivity index (χ2n) is 8.70. The Balaban J connectivity index is 2.04. The van der Waals surface area contributed by atoms with Crippen LogP contribution in [0.4, 0.5) is 23.2 Å². The number of fused-ring (bicyclic) bond motifs is 1. The molecule has 1 aliphatic heterocycles. The molecule has 0 radical (unpaired) electrons. The van der Waals surface area contributed by atoms with Crippen LogP contribution in [-0.2, 0) is 26.0 Å². The number of hydrogen-bond acceptors (Lipinski definition) is 6. The van der Waals surface area contributed by atoms with Crippen molar-refractivity contribution in [2.45, 2.75) is 56.1 Å². The maximum absolute atomic E-state index is 13.3. The van der Waals surface area contributed by atoms with Gasteiger partial charge in [0.25, 0.3) is 10.0 Å². The molecule has 0 aromatic heterocycles. The minimum atomic E-state index is -5.07. The van der Waals surface area contributed by atoms with Crippen LogP contribution in [-0.4, -0.2) is 50.0 Å². The van der Waals surface area contributed by atoms with E-state index in [1.165, 1.54) is 18.2 Å². The number of rotatable bonds is 5. The van der Waals surface area contributed by atoms with Crippen LogP contribution < -0.4 is 9.04 Å². The van der Waals surface area contributed by atoms with Crippen molar-refractivity contribution in [3.8, 4) is 5.75 Å². The van der Waals surface area contributed by atoms with Crippen molar-refractivity contribution >= 4 is 21.7 Å². The molecule has 0 aliphatic carbocycles. The summed E-state index contributed by atoms with van der Waals surface area (Å²) in [5.41, 5.74) is -0.561. The molecule has 1 heterocycles. The summed E-state index contributed by atoms with van der Waals surface area (Å²) < 4.78 is 90.6. The number of halogens is 4. The number of aliphatic hydroxyl groups is 1. The van der Waals surface area contributed by atoms with E-state index in [-0.39, 0.29) is 22.8 Å². The molecule has 12 heteroatoms. The highest BCUT2D eigenvalue weighted by molar-refractivity contribution is 7.92. The molecule has 2 aromatic rings. The summed E-state index contributed by atoms with van der Waals surface area (Å²) in [4.78, 5) is 11.8. The van der Waals surface area contributed by atoms with Crippen molar-refractivity contribution in [2.24, 2.45) is 0 Å². The number of carbonyl (C=O) groups is 1. The topological polar surface area (TPSA) is 93.1 Å². The molecule has 1 aliphatic rings. The molecule has 0 spiro atoms. The lowest BCUT2D eigenvalue weighted by molar-refractivity contribution is -0.225. The molecule has 2 aromatic carbocycles. The monoisotopic (exact) mass is 505 g/mol. The molecule has 34 heavy (non-hydrogen) atoms. The summed E-state index contributed by atoms with van der Waals surface area (Å²) in [5.74, 6) is -1.54. The first-order valence-electron chi connectivity index (χ1n) is 10.1. The number of ether oxygens (including phenoxy) is 2. The number of sulfonamides is 1. The van der Waals surface area contributed by atoms with E-state index in [9.17, 15) is 35.9 Å². The van der Waals surface area contributed by atoms with Crippen LogP contribution >= 0.6 is 0 Å². The van der Waals surface area contributed by atoms with Crippen LogP contribution in [0, 0.1) is 5.82 Å². The van der Waals surface area contributed by atoms with Crippen molar-refractivity contribution < 1.29 is 45.4 Å². The summed E-state index contributed by atoms with van der Waals surface area (Å²) in [6.07, 6.45) is -10.2. The normalized spacial score (nSPS) is 17.5. The number of hydrogen-bond donors (Lipinski definition) is 1. The van der Waals surface area contributed by atoms with Crippen LogP contribution in [0.15, 0.2) is 47.4 Å². The fourth-order valence-electron chi connectivity index (χ4n) is 3.31. The lowest BCUT2D eigenvalue weighted by atomic mass is 10.1. The number of nitrogens with zero attached hydrogens (tertiary/aromatic N) is 1. The van der Waals surface area contributed by atoms with E-state index < -0.39 is 52.3 Å². The molecule has 0 fully saturated rings. The van der Waals surface area contributed by atoms with Crippen LogP contribution in [0.25, 0.3) is 0 Å². The summed E-state index contributed by atoms with van der Waals surface area (Å²) >= 11 is 0. The third kappa shape index (κ3) is 5.79. The quantitative estimate of drug-likeness (QED) is 0.493. The summed E-state index contributed by atoms with van der Waals surface area (Å²) in [6, 6.07) is 7.63. The standard InChI is InChI=1S/C22H23F4NO6S/c1-21(2,3)33-19(28)11-13-4-9-17-16(10-13)27(12-18(32-17)20(29)22(24,25)26)34(30,31)15-7-5-14(23)6-8-15/h4-10,18,20,29H,11-12H2,1-3H3. The van der Waals surface area contributed by atoms with E-state index in [0.717, 1.165) is 24.3 Å². The molecule has 2 atom stereocenters. The average molecular weight is 505 g/mol. The van der Waals surface area contributed by atoms with Gasteiger partial charge in [-0.1, -0.05) is 6.07 Å². The number of esters is 1. The zero-order valence-electron chi connectivity index (χ0n) is 18.5. The summed E-state index contributed by atoms with van der Waals surface area (Å²) in [6.45, 7) is 4.15. The molecule has 186 valence electrons. The second-order valence-corrected chi connectivity index (χ2v) is 10.6. The van der Waals surface area contributed by atoms with Gasteiger partial charge in [-0.3, -0.25) is 9.10 Å². The van der Waals surface area contributed by atoms with Gasteiger partial charge in [0, 0.05) is 0 Å². The molecule has 3 rings (SSSR count). The highest BCUT2D eigenvalue weighted by Gasteiger charge is 2.48. The first kappa shape index (κ1) is 25.8. The molecule has 0 amide bonds. The second kappa shape index (κ2) is 9.06. The maximum Gasteiger partial charge on any atom is 0.418 e. The summed E-state index contributed by atoms with van der Waals surface area (Å²) in [5, 5.41) is 9.73. The minimum Gasteiger partial charge on any atom is -0.483 e. The number of anilines is 1. The van der Waals surface area contributed by atoms with Gasteiger partial charge in [0.1, 0.15) is 17.2 Å². The van der Waals surface area contributed by atoms with Gasteiger partial charge < -0.3 is 14.6 Å². The third-order valence-corrected chi connectivity index (χ3v) is 6.57. The minimum absolute atomic E-state index is 0.129. The molecule has 1 N–H and O–H groups in total. The Hall–Kier alpha value is -2.86. The van der Waals surface area contributed by atoms with Crippen molar-refractivity contribution in [1.29, 1.82) is 0 Å². The first-order valence-corrected chi connectivity index (χ1v) is 11.6. The lowest BCUT2D eigenvalue weighted by Crippen LogP contribution is -2.53. The maximum atomic E-state index is 13.3. The number of carbonyl (C=O) groups excluding carboxylic acids is 1. The van der Waals surface area contributed by atoms with Crippen LogP contribution in [0.2, 0.25) is 0 Å². The zero-order valence-corrected chi connectivity index (χ0v) is 19.3. The van der Waals surface area contributed by atoms with Gasteiger partial charge in [0.05, 0.1) is 23.5 Å². The predicted molar refractivity (Wildman–Crippen MR) is 113 cm³/mol. The molecule has 0 saturated heterocycles. The average Bonchev–Trinajstić information content (AvgIpc) is 2.70. The highest BCUT2D eigenvalue weighted by atomic mass is 32.2. The van der Waals surface area contributed by atoms with Crippen LogP contribution in [0.3, 0.4) is 0 Å². The molecule has 0 saturated carbocycles. The Bertz CT molecular complexity index is 1160. The number of benzene rings is 2. The molecule has 7 nitrogen and oxygen atoms in total. The molecule has 0 bridgehead atoms. The SMILES string of the molecule is CC(C)(C)OC(=O)Cc1ccc2c(c1)N(S(=O)(=O)c1ccc(F)cc1)CC(C(O)C(F)(F)F)O2. The van der Waals surface area contributed by atoms with Gasteiger partial charge in [0.15, 0.2) is 12.2 Å². The van der Waals surface area contributed by atoms with Gasteiger partial charge >= 0.3 is 12.1 Å². The fraction of sp³-hybridized carbons (Fsp3) is 0.409. The van der Waals surface area contributed by atoms with Gasteiger partial charge in [-0.2, -0.15) is 13.2 Å². The van der Waals surface area contributed by atoms with Crippen molar-refractivity contribution in [3.63, 3.8) is 0 Å². The third-order valence-electron chi connectivity index (χ3n) is 4.77. The van der Waals surface area contributed by atoms with E-state index in [0.29, 0.717) is 9.87 Å². The van der Waals surface area contributed by atoms with Crippen molar-refractivity contribution in [3.05, 3.63) is 53.8 Å². The largest absolute Gasteiger partial charge is 0.483 e. The zero-order chi connectivity index (χ0) is 25.5. The Kier molecular flexibility index (Phi) is 6.87. The predicted octanol–water partition coefficient (Wildman–Crippen LogP) is 3.59. The lowest BCUT2D eigenvalue weighted by Gasteiger charge is -2.37. The fourth-order valence-corrected chi connectivity index (χ4v) is 4.79. The Morgan fingerprint density at radius 3 is 2.35 bits per heavy atom. The van der Waals surface area contributed by atoms with Gasteiger partial charge in [-0.25, -0.2) is 12.8 Å². The Morgan fingerprint density at radius 1 is 1.18 bits per heavy atom. The van der Waals surface area contributed by atoms with Gasteiger partial charge in [-0.05, 0) is 62.7 Å². The smallest absolute Gasteiger partial charge is 0.418 e. The van der Waals surface area contributed by atoms with Gasteiger partial charge in [0.2, 0.25) is 0 Å². The van der Waals surface area contributed by atoms with E-state index in [2.05, 4.69) is 0 Å². The van der Waals surface area contributed by atoms with Crippen LogP contribution in [0.1, 0.15) is 26.3 Å². The Morgan fingerprint density at radius 2 is 1.79 bits per heavy atom. The molecular formula is C22H23F4NO6S. The van der Waals surface area contributed by atoms with Crippen molar-refractivity contribution in [1.82, 2.24) is 0 Å². The van der Waals surface area contributed by atoms with E-state index in [1.807, 2.05) is 0 Å². The number of aliphatic hydroxyl groups excluding tert-OH is 1.